The van der Waals surface area contributed by atoms with Crippen LogP contribution in [0, 0.1) is 6.92 Å². The van der Waals surface area contributed by atoms with Crippen molar-refractivity contribution in [3.63, 3.8) is 0 Å². The number of anilines is 3. The van der Waals surface area contributed by atoms with Gasteiger partial charge in [0.15, 0.2) is 5.13 Å². The van der Waals surface area contributed by atoms with E-state index in [1.165, 1.54) is 5.56 Å². The summed E-state index contributed by atoms with van der Waals surface area (Å²) >= 11 is 1.62. The lowest BCUT2D eigenvalue weighted by Crippen LogP contribution is -1.93. The number of hydrogen-bond donors (Lipinski definition) is 2. The van der Waals surface area contributed by atoms with E-state index in [1.54, 1.807) is 11.3 Å². The highest BCUT2D eigenvalue weighted by atomic mass is 32.1. The molecule has 2 aromatic carbocycles. The lowest BCUT2D eigenvalue weighted by molar-refractivity contribution is 1.14. The minimum atomic E-state index is 0.948. The number of rotatable bonds is 5. The number of hydrogen-bond acceptors (Lipinski definition) is 4. The summed E-state index contributed by atoms with van der Waals surface area (Å²) in [5.41, 5.74) is 5.58. The Kier molecular flexibility index (Phi) is 10.6. The Morgan fingerprint density at radius 1 is 1.00 bits per heavy atom. The van der Waals surface area contributed by atoms with Gasteiger partial charge in [-0.1, -0.05) is 57.7 Å². The molecular weight excluding hydrogens is 350 g/mol. The van der Waals surface area contributed by atoms with Crippen LogP contribution in [0.2, 0.25) is 0 Å². The molecule has 0 atom stereocenters. The first kappa shape index (κ1) is 22.5. The smallest absolute Gasteiger partial charge is 0.187 e. The molecule has 0 aliphatic carbocycles. The molecule has 2 N–H and O–H groups in total. The molecule has 4 heteroatoms. The molecular formula is C23H31N3S. The minimum absolute atomic E-state index is 0.948. The maximum absolute atomic E-state index is 4.31. The van der Waals surface area contributed by atoms with Crippen LogP contribution < -0.4 is 10.6 Å². The highest BCUT2D eigenvalue weighted by molar-refractivity contribution is 7.13. The number of allylic oxidation sites excluding steroid dienone is 1. The number of nitrogens with one attached hydrogen (secondary N) is 2. The van der Waals surface area contributed by atoms with Gasteiger partial charge in [-0.25, -0.2) is 4.98 Å². The average molecular weight is 382 g/mol. The third-order valence-corrected chi connectivity index (χ3v) is 4.24. The molecule has 0 radical (unpaired) electrons. The molecule has 3 aromatic rings. The van der Waals surface area contributed by atoms with Gasteiger partial charge in [-0.3, -0.25) is 0 Å². The number of aromatic nitrogens is 1. The van der Waals surface area contributed by atoms with E-state index in [4.69, 9.17) is 0 Å². The van der Waals surface area contributed by atoms with Crippen molar-refractivity contribution in [2.75, 3.05) is 10.6 Å². The van der Waals surface area contributed by atoms with Gasteiger partial charge in [0.2, 0.25) is 0 Å². The zero-order chi connectivity index (χ0) is 20.1. The number of para-hydroxylation sites is 1. The second kappa shape index (κ2) is 12.7. The molecule has 144 valence electrons. The van der Waals surface area contributed by atoms with Crippen molar-refractivity contribution >= 4 is 27.8 Å². The summed E-state index contributed by atoms with van der Waals surface area (Å²) in [6, 6.07) is 18.5. The van der Waals surface area contributed by atoms with Gasteiger partial charge < -0.3 is 10.6 Å². The van der Waals surface area contributed by atoms with E-state index < -0.39 is 0 Å². The summed E-state index contributed by atoms with van der Waals surface area (Å²) in [4.78, 5) is 4.31. The van der Waals surface area contributed by atoms with Crippen LogP contribution in [0.5, 0.6) is 0 Å². The first-order valence-corrected chi connectivity index (χ1v) is 10.2. The number of nitrogens with zero attached hydrogens (tertiary/aromatic N) is 1. The van der Waals surface area contributed by atoms with E-state index in [1.807, 2.05) is 63.4 Å². The van der Waals surface area contributed by atoms with Gasteiger partial charge >= 0.3 is 0 Å². The number of benzene rings is 2. The van der Waals surface area contributed by atoms with Crippen molar-refractivity contribution in [1.29, 1.82) is 0 Å². The van der Waals surface area contributed by atoms with Crippen molar-refractivity contribution in [3.8, 4) is 0 Å². The fraction of sp³-hybridized carbons (Fsp3) is 0.261. The average Bonchev–Trinajstić information content (AvgIpc) is 3.09. The van der Waals surface area contributed by atoms with Gasteiger partial charge in [0.1, 0.15) is 0 Å². The quantitative estimate of drug-likeness (QED) is 0.483. The molecule has 0 saturated heterocycles. The van der Waals surface area contributed by atoms with E-state index in [-0.39, 0.29) is 0 Å². The Balaban J connectivity index is 0.000000248. The highest BCUT2D eigenvalue weighted by Gasteiger charge is 1.97. The molecule has 0 bridgehead atoms. The molecule has 0 fully saturated rings. The van der Waals surface area contributed by atoms with Gasteiger partial charge in [-0.15, -0.1) is 11.3 Å². The molecule has 0 spiro atoms. The van der Waals surface area contributed by atoms with Crippen LogP contribution in [0.4, 0.5) is 16.5 Å². The Morgan fingerprint density at radius 2 is 1.63 bits per heavy atom. The second-order valence-electron chi connectivity index (χ2n) is 5.74. The summed E-state index contributed by atoms with van der Waals surface area (Å²) in [7, 11) is 0. The topological polar surface area (TPSA) is 37.0 Å². The van der Waals surface area contributed by atoms with Crippen molar-refractivity contribution < 1.29 is 0 Å². The summed E-state index contributed by atoms with van der Waals surface area (Å²) < 4.78 is 0. The first-order chi connectivity index (χ1) is 13.1. The van der Waals surface area contributed by atoms with E-state index in [0.717, 1.165) is 34.3 Å². The van der Waals surface area contributed by atoms with Gasteiger partial charge in [-0.05, 0) is 50.1 Å². The Morgan fingerprint density at radius 3 is 2.11 bits per heavy atom. The normalized spacial score (nSPS) is 9.22. The standard InChI is InChI=1S/C11H15N.C10H10N2S.C2H6/c1-4-10-5-7-11(8-6-10)12-9(2)3;1-8-7-13-10(11-8)12-9-5-3-2-4-6-9;1-2/h5-8,12H,2,4H2,1,3H3;2-7H,1H3,(H,11,12);1-2H3. The lowest BCUT2D eigenvalue weighted by atomic mass is 10.1. The Hall–Kier alpha value is -2.59. The second-order valence-corrected chi connectivity index (χ2v) is 6.60. The van der Waals surface area contributed by atoms with E-state index in [2.05, 4.69) is 53.4 Å². The van der Waals surface area contributed by atoms with Crippen LogP contribution in [-0.4, -0.2) is 4.98 Å². The Labute approximate surface area is 168 Å². The largest absolute Gasteiger partial charge is 0.360 e. The number of thiazole rings is 1. The van der Waals surface area contributed by atoms with Crippen molar-refractivity contribution in [2.24, 2.45) is 0 Å². The van der Waals surface area contributed by atoms with Crippen LogP contribution in [0.3, 0.4) is 0 Å². The van der Waals surface area contributed by atoms with Crippen LogP contribution in [0.25, 0.3) is 0 Å². The van der Waals surface area contributed by atoms with E-state index in [9.17, 15) is 0 Å². The summed E-state index contributed by atoms with van der Waals surface area (Å²) in [6.45, 7) is 13.9. The molecule has 0 aliphatic heterocycles. The van der Waals surface area contributed by atoms with Gasteiger partial charge in [0.05, 0.1) is 5.69 Å². The van der Waals surface area contributed by atoms with Crippen molar-refractivity contribution in [3.05, 3.63) is 83.5 Å². The van der Waals surface area contributed by atoms with Crippen LogP contribution in [0.15, 0.2) is 72.3 Å². The van der Waals surface area contributed by atoms with Crippen LogP contribution >= 0.6 is 11.3 Å². The first-order valence-electron chi connectivity index (χ1n) is 9.32. The maximum atomic E-state index is 4.31. The van der Waals surface area contributed by atoms with Crippen LogP contribution in [0.1, 0.15) is 39.0 Å². The molecule has 0 amide bonds. The summed E-state index contributed by atoms with van der Waals surface area (Å²) in [5, 5.41) is 9.37. The fourth-order valence-corrected chi connectivity index (χ4v) is 2.83. The van der Waals surface area contributed by atoms with Gasteiger partial charge in [0, 0.05) is 22.5 Å². The monoisotopic (exact) mass is 381 g/mol. The predicted molar refractivity (Wildman–Crippen MR) is 122 cm³/mol. The van der Waals surface area contributed by atoms with Gasteiger partial charge in [0.25, 0.3) is 0 Å². The van der Waals surface area contributed by atoms with E-state index >= 15 is 0 Å². The third kappa shape index (κ3) is 9.06. The minimum Gasteiger partial charge on any atom is -0.360 e. The molecule has 3 rings (SSSR count). The molecule has 27 heavy (non-hydrogen) atoms. The fourth-order valence-electron chi connectivity index (χ4n) is 2.13. The zero-order valence-corrected chi connectivity index (χ0v) is 17.9. The van der Waals surface area contributed by atoms with Crippen LogP contribution in [-0.2, 0) is 6.42 Å². The van der Waals surface area contributed by atoms with Crippen molar-refractivity contribution in [1.82, 2.24) is 4.98 Å². The SMILES string of the molecule is C=C(C)Nc1ccc(CC)cc1.CC.Cc1csc(Nc2ccccc2)n1. The predicted octanol–water partition coefficient (Wildman–Crippen LogP) is 7.42. The highest BCUT2D eigenvalue weighted by Crippen LogP contribution is 2.19. The van der Waals surface area contributed by atoms with E-state index in [0.29, 0.717) is 0 Å². The maximum Gasteiger partial charge on any atom is 0.187 e. The van der Waals surface area contributed by atoms with Crippen molar-refractivity contribution in [2.45, 2.75) is 41.0 Å². The molecule has 0 aliphatic rings. The molecule has 1 heterocycles. The third-order valence-electron chi connectivity index (χ3n) is 3.36. The number of aryl methyl sites for hydroxylation is 2. The summed E-state index contributed by atoms with van der Waals surface area (Å²) in [6.07, 6.45) is 1.09. The molecule has 0 unspecified atom stereocenters. The summed E-state index contributed by atoms with van der Waals surface area (Å²) in [5.74, 6) is 0. The van der Waals surface area contributed by atoms with Gasteiger partial charge in [-0.2, -0.15) is 0 Å². The molecule has 0 saturated carbocycles. The Bertz CT molecular complexity index is 777. The molecule has 3 nitrogen and oxygen atoms in total. The lowest BCUT2D eigenvalue weighted by Gasteiger charge is -2.05. The zero-order valence-electron chi connectivity index (χ0n) is 17.0. The molecule has 1 aromatic heterocycles.